The van der Waals surface area contributed by atoms with Crippen LogP contribution < -0.4 is 5.73 Å². The van der Waals surface area contributed by atoms with Crippen molar-refractivity contribution in [3.8, 4) is 0 Å². The van der Waals surface area contributed by atoms with Gasteiger partial charge < -0.3 is 5.73 Å². The Bertz CT molecular complexity index is 737. The third-order valence-corrected chi connectivity index (χ3v) is 5.33. The average Bonchev–Trinajstić information content (AvgIpc) is 2.82. The predicted octanol–water partition coefficient (Wildman–Crippen LogP) is 1.31. The molecule has 2 rings (SSSR count). The largest absolute Gasteiger partial charge is 0.326 e. The van der Waals surface area contributed by atoms with Gasteiger partial charge in [0.15, 0.2) is 5.03 Å². The number of hydrogen-bond acceptors (Lipinski definition) is 4. The summed E-state index contributed by atoms with van der Waals surface area (Å²) < 4.78 is 26.6. The number of hydrogen-bond donors (Lipinski definition) is 2. The molecule has 0 radical (unpaired) electrons. The van der Waals surface area contributed by atoms with Gasteiger partial charge in [0.05, 0.1) is 0 Å². The minimum absolute atomic E-state index is 0.0126. The molecule has 6 nitrogen and oxygen atoms in total. The molecule has 1 aromatic heterocycles. The summed E-state index contributed by atoms with van der Waals surface area (Å²) in [5.41, 5.74) is 8.86. The Morgan fingerprint density at radius 1 is 1.29 bits per heavy atom. The smallest absolute Gasteiger partial charge is 0.262 e. The van der Waals surface area contributed by atoms with Gasteiger partial charge in [-0.15, -0.1) is 0 Å². The third-order valence-electron chi connectivity index (χ3n) is 3.55. The number of sulfonamides is 1. The number of nitrogens with zero attached hydrogens (tertiary/aromatic N) is 2. The second-order valence-corrected chi connectivity index (χ2v) is 6.98. The van der Waals surface area contributed by atoms with Crippen LogP contribution >= 0.6 is 0 Å². The molecule has 0 aliphatic carbocycles. The second kappa shape index (κ2) is 5.97. The van der Waals surface area contributed by atoms with E-state index in [1.165, 1.54) is 4.31 Å². The van der Waals surface area contributed by atoms with Gasteiger partial charge >= 0.3 is 0 Å². The Hall–Kier alpha value is -1.70. The minimum atomic E-state index is -3.66. The van der Waals surface area contributed by atoms with E-state index in [4.69, 9.17) is 5.73 Å². The highest BCUT2D eigenvalue weighted by Crippen LogP contribution is 2.21. The number of rotatable bonds is 5. The number of nitrogens with two attached hydrogens (primary N) is 1. The molecular formula is C14H20N4O2S. The molecule has 0 spiro atoms. The molecule has 0 saturated heterocycles. The molecule has 0 aliphatic heterocycles. The van der Waals surface area contributed by atoms with E-state index in [0.29, 0.717) is 17.8 Å². The summed E-state index contributed by atoms with van der Waals surface area (Å²) >= 11 is 0. The SMILES string of the molecule is Cc1ccccc1CN(C)S(=O)(=O)c1n[nH]c(C)c1CN. The lowest BCUT2D eigenvalue weighted by molar-refractivity contribution is 0.462. The Kier molecular flexibility index (Phi) is 4.46. The van der Waals surface area contributed by atoms with Gasteiger partial charge in [-0.1, -0.05) is 24.3 Å². The molecule has 2 aromatic rings. The second-order valence-electron chi connectivity index (χ2n) is 5.02. The summed E-state index contributed by atoms with van der Waals surface area (Å²) in [4.78, 5) is 0. The highest BCUT2D eigenvalue weighted by molar-refractivity contribution is 7.89. The predicted molar refractivity (Wildman–Crippen MR) is 81.0 cm³/mol. The number of aromatic amines is 1. The zero-order valence-corrected chi connectivity index (χ0v) is 13.2. The van der Waals surface area contributed by atoms with Crippen LogP contribution in [0.3, 0.4) is 0 Å². The first-order valence-electron chi connectivity index (χ1n) is 6.62. The molecular weight excluding hydrogens is 288 g/mol. The number of H-pyrrole nitrogens is 1. The van der Waals surface area contributed by atoms with Gasteiger partial charge in [0.1, 0.15) is 0 Å². The molecule has 0 bridgehead atoms. The molecule has 7 heteroatoms. The molecule has 114 valence electrons. The van der Waals surface area contributed by atoms with E-state index >= 15 is 0 Å². The fourth-order valence-electron chi connectivity index (χ4n) is 2.14. The molecule has 0 saturated carbocycles. The minimum Gasteiger partial charge on any atom is -0.326 e. The Balaban J connectivity index is 2.33. The van der Waals surface area contributed by atoms with E-state index in [0.717, 1.165) is 11.1 Å². The first-order chi connectivity index (χ1) is 9.87. The van der Waals surface area contributed by atoms with E-state index in [9.17, 15) is 8.42 Å². The van der Waals surface area contributed by atoms with E-state index < -0.39 is 10.0 Å². The van der Waals surface area contributed by atoms with E-state index in [-0.39, 0.29) is 11.6 Å². The molecule has 3 N–H and O–H groups in total. The summed E-state index contributed by atoms with van der Waals surface area (Å²) in [6.07, 6.45) is 0. The summed E-state index contributed by atoms with van der Waals surface area (Å²) in [5.74, 6) is 0. The fraction of sp³-hybridized carbons (Fsp3) is 0.357. The van der Waals surface area contributed by atoms with Gasteiger partial charge in [-0.25, -0.2) is 8.42 Å². The monoisotopic (exact) mass is 308 g/mol. The van der Waals surface area contributed by atoms with Crippen LogP contribution in [0.4, 0.5) is 0 Å². The van der Waals surface area contributed by atoms with E-state index in [2.05, 4.69) is 10.2 Å². The van der Waals surface area contributed by atoms with E-state index in [1.54, 1.807) is 14.0 Å². The Labute approximate surface area is 125 Å². The van der Waals surface area contributed by atoms with Crippen LogP contribution in [0.25, 0.3) is 0 Å². The van der Waals surface area contributed by atoms with Gasteiger partial charge in [-0.05, 0) is 25.0 Å². The molecule has 0 aliphatic rings. The molecule has 0 fully saturated rings. The lowest BCUT2D eigenvalue weighted by Gasteiger charge is -2.17. The molecule has 21 heavy (non-hydrogen) atoms. The van der Waals surface area contributed by atoms with Gasteiger partial charge in [-0.3, -0.25) is 5.10 Å². The first-order valence-corrected chi connectivity index (χ1v) is 8.06. The highest BCUT2D eigenvalue weighted by Gasteiger charge is 2.27. The van der Waals surface area contributed by atoms with Gasteiger partial charge in [0.2, 0.25) is 0 Å². The van der Waals surface area contributed by atoms with Crippen molar-refractivity contribution in [2.45, 2.75) is 32.0 Å². The first kappa shape index (κ1) is 15.7. The molecule has 1 aromatic carbocycles. The zero-order valence-electron chi connectivity index (χ0n) is 12.4. The maximum absolute atomic E-state index is 12.6. The van der Waals surface area contributed by atoms with Crippen LogP contribution in [0.15, 0.2) is 29.3 Å². The number of benzene rings is 1. The van der Waals surface area contributed by atoms with Crippen molar-refractivity contribution in [1.82, 2.24) is 14.5 Å². The van der Waals surface area contributed by atoms with Crippen molar-refractivity contribution in [2.24, 2.45) is 5.73 Å². The van der Waals surface area contributed by atoms with Gasteiger partial charge in [0.25, 0.3) is 10.0 Å². The van der Waals surface area contributed by atoms with Crippen molar-refractivity contribution >= 4 is 10.0 Å². The van der Waals surface area contributed by atoms with Crippen LogP contribution in [-0.2, 0) is 23.1 Å². The van der Waals surface area contributed by atoms with E-state index in [1.807, 2.05) is 31.2 Å². The van der Waals surface area contributed by atoms with Crippen LogP contribution in [-0.4, -0.2) is 30.0 Å². The van der Waals surface area contributed by atoms with Crippen molar-refractivity contribution in [3.63, 3.8) is 0 Å². The molecule has 0 atom stereocenters. The average molecular weight is 308 g/mol. The third kappa shape index (κ3) is 2.99. The number of nitrogens with one attached hydrogen (secondary N) is 1. The molecule has 0 unspecified atom stereocenters. The molecule has 1 heterocycles. The van der Waals surface area contributed by atoms with Crippen LogP contribution in [0.1, 0.15) is 22.4 Å². The molecule has 0 amide bonds. The lowest BCUT2D eigenvalue weighted by atomic mass is 10.1. The number of aryl methyl sites for hydroxylation is 2. The normalized spacial score (nSPS) is 12.0. The topological polar surface area (TPSA) is 92.1 Å². The number of aromatic nitrogens is 2. The van der Waals surface area contributed by atoms with Crippen molar-refractivity contribution in [1.29, 1.82) is 0 Å². The van der Waals surface area contributed by atoms with Crippen LogP contribution in [0.5, 0.6) is 0 Å². The maximum atomic E-state index is 12.6. The summed E-state index contributed by atoms with van der Waals surface area (Å²) in [5, 5.41) is 6.61. The van der Waals surface area contributed by atoms with Crippen LogP contribution in [0.2, 0.25) is 0 Å². The van der Waals surface area contributed by atoms with Gasteiger partial charge in [-0.2, -0.15) is 9.40 Å². The summed E-state index contributed by atoms with van der Waals surface area (Å²) in [6.45, 7) is 4.15. The fourth-order valence-corrected chi connectivity index (χ4v) is 3.46. The van der Waals surface area contributed by atoms with Crippen molar-refractivity contribution in [3.05, 3.63) is 46.6 Å². The Morgan fingerprint density at radius 3 is 2.57 bits per heavy atom. The lowest BCUT2D eigenvalue weighted by Crippen LogP contribution is -2.28. The van der Waals surface area contributed by atoms with Gasteiger partial charge in [0, 0.05) is 31.4 Å². The highest BCUT2D eigenvalue weighted by atomic mass is 32.2. The quantitative estimate of drug-likeness (QED) is 0.871. The zero-order chi connectivity index (χ0) is 15.6. The van der Waals surface area contributed by atoms with Crippen molar-refractivity contribution in [2.75, 3.05) is 7.05 Å². The summed E-state index contributed by atoms with van der Waals surface area (Å²) in [6, 6.07) is 7.70. The maximum Gasteiger partial charge on any atom is 0.262 e. The summed E-state index contributed by atoms with van der Waals surface area (Å²) in [7, 11) is -2.12. The van der Waals surface area contributed by atoms with Crippen molar-refractivity contribution < 1.29 is 8.42 Å². The Morgan fingerprint density at radius 2 is 1.95 bits per heavy atom. The van der Waals surface area contributed by atoms with Crippen LogP contribution in [0, 0.1) is 13.8 Å². The standard InChI is InChI=1S/C14H20N4O2S/c1-10-6-4-5-7-12(10)9-18(3)21(19,20)14-13(8-15)11(2)16-17-14/h4-7H,8-9,15H2,1-3H3,(H,16,17).